The fraction of sp³-hybridized carbons (Fsp3) is 1.00. The first-order valence-electron chi connectivity index (χ1n) is 5.08. The molecule has 0 aliphatic carbocycles. The fourth-order valence-electron chi connectivity index (χ4n) is 1.46. The molecule has 0 aromatic heterocycles. The first kappa shape index (κ1) is 11.9. The topological polar surface area (TPSA) is 35.2 Å². The molecule has 0 aliphatic heterocycles. The summed E-state index contributed by atoms with van der Waals surface area (Å²) in [5, 5.41) is 0. The molecule has 0 fully saturated rings. The van der Waals surface area contributed by atoms with Gasteiger partial charge in [0.25, 0.3) is 0 Å². The predicted octanol–water partition coefficient (Wildman–Crippen LogP) is 2.32. The maximum Gasteiger partial charge on any atom is 0.0801 e. The Balaban J connectivity index is 3.95. The van der Waals surface area contributed by atoms with Crippen molar-refractivity contribution < 1.29 is 4.74 Å². The lowest BCUT2D eigenvalue weighted by atomic mass is 9.94. The third kappa shape index (κ3) is 3.55. The summed E-state index contributed by atoms with van der Waals surface area (Å²) in [7, 11) is 0. The molecule has 2 N–H and O–H groups in total. The number of unbranched alkanes of at least 4 members (excludes halogenated alkanes) is 1. The van der Waals surface area contributed by atoms with Crippen LogP contribution in [-0.4, -0.2) is 18.8 Å². The Morgan fingerprint density at radius 2 is 1.92 bits per heavy atom. The molecule has 0 aromatic rings. The van der Waals surface area contributed by atoms with Crippen LogP contribution in [0.2, 0.25) is 0 Å². The number of rotatable bonds is 7. The minimum Gasteiger partial charge on any atom is -0.374 e. The van der Waals surface area contributed by atoms with Crippen LogP contribution in [0, 0.1) is 0 Å². The molecular weight excluding hydrogens is 150 g/mol. The maximum atomic E-state index is 5.72. The molecule has 2 nitrogen and oxygen atoms in total. The minimum absolute atomic E-state index is 0.0369. The van der Waals surface area contributed by atoms with Gasteiger partial charge in [-0.25, -0.2) is 0 Å². The van der Waals surface area contributed by atoms with Crippen LogP contribution in [0.5, 0.6) is 0 Å². The Morgan fingerprint density at radius 3 is 2.25 bits per heavy atom. The Kier molecular flexibility index (Phi) is 6.39. The lowest BCUT2D eigenvalue weighted by molar-refractivity contribution is -0.0425. The smallest absolute Gasteiger partial charge is 0.0801 e. The van der Waals surface area contributed by atoms with Gasteiger partial charge in [-0.1, -0.05) is 26.7 Å². The molecule has 0 amide bonds. The van der Waals surface area contributed by atoms with Crippen LogP contribution in [0.25, 0.3) is 0 Å². The SMILES string of the molecule is CCCCC(CC)(CN)OCC. The van der Waals surface area contributed by atoms with Crippen molar-refractivity contribution in [3.63, 3.8) is 0 Å². The number of nitrogens with two attached hydrogens (primary N) is 1. The molecule has 1 atom stereocenters. The van der Waals surface area contributed by atoms with Crippen LogP contribution in [-0.2, 0) is 4.74 Å². The molecule has 12 heavy (non-hydrogen) atoms. The largest absolute Gasteiger partial charge is 0.374 e. The van der Waals surface area contributed by atoms with Gasteiger partial charge in [-0.15, -0.1) is 0 Å². The highest BCUT2D eigenvalue weighted by Gasteiger charge is 2.25. The first-order chi connectivity index (χ1) is 5.74. The van der Waals surface area contributed by atoms with Crippen molar-refractivity contribution in [1.29, 1.82) is 0 Å². The summed E-state index contributed by atoms with van der Waals surface area (Å²) in [4.78, 5) is 0. The zero-order valence-electron chi connectivity index (χ0n) is 8.73. The van der Waals surface area contributed by atoms with E-state index in [0.29, 0.717) is 6.54 Å². The monoisotopic (exact) mass is 173 g/mol. The second-order valence-corrected chi connectivity index (χ2v) is 3.28. The Bertz CT molecular complexity index is 100. The van der Waals surface area contributed by atoms with Crippen molar-refractivity contribution in [1.82, 2.24) is 0 Å². The summed E-state index contributed by atoms with van der Waals surface area (Å²) in [6.07, 6.45) is 4.56. The molecule has 0 spiro atoms. The van der Waals surface area contributed by atoms with Crippen molar-refractivity contribution >= 4 is 0 Å². The lowest BCUT2D eigenvalue weighted by Gasteiger charge is -2.31. The highest BCUT2D eigenvalue weighted by molar-refractivity contribution is 4.79. The van der Waals surface area contributed by atoms with Crippen molar-refractivity contribution in [2.24, 2.45) is 5.73 Å². The van der Waals surface area contributed by atoms with Crippen LogP contribution in [0.4, 0.5) is 0 Å². The Morgan fingerprint density at radius 1 is 1.25 bits per heavy atom. The third-order valence-corrected chi connectivity index (χ3v) is 2.45. The van der Waals surface area contributed by atoms with Gasteiger partial charge in [-0.05, 0) is 19.8 Å². The molecule has 1 unspecified atom stereocenters. The summed E-state index contributed by atoms with van der Waals surface area (Å²) in [6, 6.07) is 0. The Labute approximate surface area is 76.5 Å². The van der Waals surface area contributed by atoms with Crippen LogP contribution in [0.1, 0.15) is 46.5 Å². The minimum atomic E-state index is -0.0369. The van der Waals surface area contributed by atoms with Gasteiger partial charge in [-0.2, -0.15) is 0 Å². The van der Waals surface area contributed by atoms with Gasteiger partial charge in [0.05, 0.1) is 5.60 Å². The molecule has 0 saturated carbocycles. The average Bonchev–Trinajstić information content (AvgIpc) is 2.13. The molecule has 0 aliphatic rings. The molecule has 0 bridgehead atoms. The summed E-state index contributed by atoms with van der Waals surface area (Å²) < 4.78 is 5.70. The summed E-state index contributed by atoms with van der Waals surface area (Å²) in [6.45, 7) is 7.80. The molecule has 0 rings (SSSR count). The van der Waals surface area contributed by atoms with Gasteiger partial charge < -0.3 is 10.5 Å². The number of ether oxygens (including phenoxy) is 1. The van der Waals surface area contributed by atoms with E-state index in [2.05, 4.69) is 13.8 Å². The third-order valence-electron chi connectivity index (χ3n) is 2.45. The highest BCUT2D eigenvalue weighted by Crippen LogP contribution is 2.21. The van der Waals surface area contributed by atoms with Gasteiger partial charge in [0.15, 0.2) is 0 Å². The van der Waals surface area contributed by atoms with E-state index in [9.17, 15) is 0 Å². The second-order valence-electron chi connectivity index (χ2n) is 3.28. The van der Waals surface area contributed by atoms with E-state index in [1.807, 2.05) is 6.92 Å². The van der Waals surface area contributed by atoms with E-state index in [0.717, 1.165) is 19.4 Å². The van der Waals surface area contributed by atoms with Crippen molar-refractivity contribution in [3.05, 3.63) is 0 Å². The molecule has 0 radical (unpaired) electrons. The number of hydrogen-bond donors (Lipinski definition) is 1. The quantitative estimate of drug-likeness (QED) is 0.641. The van der Waals surface area contributed by atoms with Crippen molar-refractivity contribution in [2.75, 3.05) is 13.2 Å². The molecule has 0 saturated heterocycles. The van der Waals surface area contributed by atoms with Crippen molar-refractivity contribution in [2.45, 2.75) is 52.1 Å². The van der Waals surface area contributed by atoms with E-state index in [4.69, 9.17) is 10.5 Å². The molecular formula is C10H23NO. The maximum absolute atomic E-state index is 5.72. The van der Waals surface area contributed by atoms with E-state index >= 15 is 0 Å². The standard InChI is InChI=1S/C10H23NO/c1-4-7-8-10(5-2,9-11)12-6-3/h4-9,11H2,1-3H3. The van der Waals surface area contributed by atoms with Crippen LogP contribution < -0.4 is 5.73 Å². The highest BCUT2D eigenvalue weighted by atomic mass is 16.5. The van der Waals surface area contributed by atoms with Crippen LogP contribution in [0.15, 0.2) is 0 Å². The summed E-state index contributed by atoms with van der Waals surface area (Å²) in [5.74, 6) is 0. The van der Waals surface area contributed by atoms with Gasteiger partial charge in [0.1, 0.15) is 0 Å². The fourth-order valence-corrected chi connectivity index (χ4v) is 1.46. The van der Waals surface area contributed by atoms with Crippen LogP contribution in [0.3, 0.4) is 0 Å². The van der Waals surface area contributed by atoms with E-state index in [-0.39, 0.29) is 5.60 Å². The molecule has 0 heterocycles. The normalized spacial score (nSPS) is 16.0. The van der Waals surface area contributed by atoms with Crippen LogP contribution >= 0.6 is 0 Å². The van der Waals surface area contributed by atoms with Gasteiger partial charge in [0.2, 0.25) is 0 Å². The Hall–Kier alpha value is -0.0800. The lowest BCUT2D eigenvalue weighted by Crippen LogP contribution is -2.40. The van der Waals surface area contributed by atoms with E-state index in [1.54, 1.807) is 0 Å². The second kappa shape index (κ2) is 6.44. The molecule has 0 aromatic carbocycles. The number of hydrogen-bond acceptors (Lipinski definition) is 2. The van der Waals surface area contributed by atoms with Gasteiger partial charge >= 0.3 is 0 Å². The zero-order valence-corrected chi connectivity index (χ0v) is 8.73. The molecule has 2 heteroatoms. The molecule has 74 valence electrons. The zero-order chi connectivity index (χ0) is 9.45. The average molecular weight is 173 g/mol. The predicted molar refractivity (Wildman–Crippen MR) is 53.2 cm³/mol. The summed E-state index contributed by atoms with van der Waals surface area (Å²) >= 11 is 0. The first-order valence-corrected chi connectivity index (χ1v) is 5.08. The van der Waals surface area contributed by atoms with E-state index in [1.165, 1.54) is 12.8 Å². The van der Waals surface area contributed by atoms with E-state index < -0.39 is 0 Å². The van der Waals surface area contributed by atoms with Gasteiger partial charge in [-0.3, -0.25) is 0 Å². The van der Waals surface area contributed by atoms with Crippen molar-refractivity contribution in [3.8, 4) is 0 Å². The van der Waals surface area contributed by atoms with Gasteiger partial charge in [0, 0.05) is 13.2 Å². The summed E-state index contributed by atoms with van der Waals surface area (Å²) in [5.41, 5.74) is 5.68.